The summed E-state index contributed by atoms with van der Waals surface area (Å²) in [5, 5.41) is 12.4. The number of aliphatic imine (C=N–C) groups is 1. The number of nitrogens with one attached hydrogen (secondary N) is 2. The van der Waals surface area contributed by atoms with E-state index in [9.17, 15) is 9.59 Å². The number of nitrogens with zero attached hydrogens (tertiary/aromatic N) is 8. The molecule has 2 amide bonds. The van der Waals surface area contributed by atoms with Gasteiger partial charge in [-0.1, -0.05) is 25.1 Å². The zero-order valence-electron chi connectivity index (χ0n) is 30.9. The van der Waals surface area contributed by atoms with Crippen molar-refractivity contribution in [1.82, 2.24) is 34.9 Å². The van der Waals surface area contributed by atoms with Crippen LogP contribution in [0, 0.1) is 5.92 Å². The molecule has 2 atom stereocenters. The molecular weight excluding hydrogens is 648 g/mol. The zero-order chi connectivity index (χ0) is 36.5. The van der Waals surface area contributed by atoms with E-state index in [0.717, 1.165) is 52.6 Å². The highest BCUT2D eigenvalue weighted by Crippen LogP contribution is 2.44. The first-order valence-corrected chi connectivity index (χ1v) is 17.9. The predicted octanol–water partition coefficient (Wildman–Crippen LogP) is 6.85. The number of hydrogen-bond acceptors (Lipinski definition) is 10. The monoisotopic (exact) mass is 698 g/mol. The highest BCUT2D eigenvalue weighted by atomic mass is 16.6. The van der Waals surface area contributed by atoms with Gasteiger partial charge in [0.25, 0.3) is 0 Å². The number of para-hydroxylation sites is 1. The van der Waals surface area contributed by atoms with Gasteiger partial charge in [0.15, 0.2) is 5.82 Å². The van der Waals surface area contributed by atoms with Gasteiger partial charge in [-0.25, -0.2) is 14.6 Å². The number of amides is 2. The van der Waals surface area contributed by atoms with Crippen LogP contribution in [0.3, 0.4) is 0 Å². The Labute approximate surface area is 299 Å². The summed E-state index contributed by atoms with van der Waals surface area (Å²) in [6.07, 6.45) is 5.45. The number of guanidine groups is 1. The van der Waals surface area contributed by atoms with E-state index in [1.165, 1.54) is 0 Å². The Morgan fingerprint density at radius 2 is 1.67 bits per heavy atom. The van der Waals surface area contributed by atoms with Crippen molar-refractivity contribution >= 4 is 51.8 Å². The number of anilines is 2. The van der Waals surface area contributed by atoms with Crippen LogP contribution in [-0.2, 0) is 9.47 Å². The molecule has 14 nitrogen and oxygen atoms in total. The molecule has 51 heavy (non-hydrogen) atoms. The first-order chi connectivity index (χ1) is 24.2. The van der Waals surface area contributed by atoms with E-state index in [4.69, 9.17) is 29.5 Å². The molecule has 0 bridgehead atoms. The molecule has 6 rings (SSSR count). The number of ether oxygens (including phenoxy) is 2. The van der Waals surface area contributed by atoms with Gasteiger partial charge in [0.1, 0.15) is 22.2 Å². The van der Waals surface area contributed by atoms with Gasteiger partial charge >= 0.3 is 12.2 Å². The van der Waals surface area contributed by atoms with E-state index in [1.807, 2.05) is 40.2 Å². The molecule has 1 saturated heterocycles. The predicted molar refractivity (Wildman–Crippen MR) is 198 cm³/mol. The zero-order valence-corrected chi connectivity index (χ0v) is 30.9. The van der Waals surface area contributed by atoms with Crippen molar-refractivity contribution in [2.45, 2.75) is 97.9 Å². The second-order valence-electron chi connectivity index (χ2n) is 15.4. The number of benzene rings is 1. The average molecular weight is 699 g/mol. The Bertz CT molecular complexity index is 1920. The Hall–Kier alpha value is -5.01. The fourth-order valence-electron chi connectivity index (χ4n) is 6.07. The molecule has 14 heteroatoms. The van der Waals surface area contributed by atoms with E-state index in [1.54, 1.807) is 41.5 Å². The van der Waals surface area contributed by atoms with Crippen LogP contribution in [0.1, 0.15) is 92.3 Å². The molecule has 1 aromatic carbocycles. The van der Waals surface area contributed by atoms with Crippen molar-refractivity contribution in [3.8, 4) is 0 Å². The molecule has 0 radical (unpaired) electrons. The number of piperazine rings is 1. The number of rotatable bonds is 7. The van der Waals surface area contributed by atoms with Crippen molar-refractivity contribution in [2.75, 3.05) is 36.4 Å². The van der Waals surface area contributed by atoms with Crippen molar-refractivity contribution in [2.24, 2.45) is 10.9 Å². The van der Waals surface area contributed by atoms with Crippen molar-refractivity contribution in [1.29, 1.82) is 0 Å². The van der Waals surface area contributed by atoms with Gasteiger partial charge in [-0.05, 0) is 91.3 Å². The minimum atomic E-state index is -0.800. The third kappa shape index (κ3) is 8.84. The van der Waals surface area contributed by atoms with Crippen molar-refractivity contribution in [3.05, 3.63) is 48.3 Å². The smallest absolute Gasteiger partial charge is 0.437 e. The van der Waals surface area contributed by atoms with Gasteiger partial charge in [-0.3, -0.25) is 15.0 Å². The molecule has 4 aromatic rings. The summed E-state index contributed by atoms with van der Waals surface area (Å²) >= 11 is 0. The summed E-state index contributed by atoms with van der Waals surface area (Å²) in [5.41, 5.74) is 2.26. The third-order valence-corrected chi connectivity index (χ3v) is 8.86. The molecule has 1 aliphatic heterocycles. The van der Waals surface area contributed by atoms with Crippen LogP contribution in [-0.4, -0.2) is 85.2 Å². The first kappa shape index (κ1) is 35.8. The van der Waals surface area contributed by atoms with Crippen LogP contribution >= 0.6 is 0 Å². The molecule has 272 valence electrons. The fourth-order valence-corrected chi connectivity index (χ4v) is 6.07. The molecule has 1 unspecified atom stereocenters. The molecule has 0 spiro atoms. The maximum atomic E-state index is 12.8. The Morgan fingerprint density at radius 1 is 0.961 bits per heavy atom. The second kappa shape index (κ2) is 14.3. The molecule has 4 heterocycles. The van der Waals surface area contributed by atoms with Gasteiger partial charge in [0.05, 0.1) is 17.8 Å². The van der Waals surface area contributed by atoms with E-state index < -0.39 is 23.4 Å². The van der Waals surface area contributed by atoms with Gasteiger partial charge in [-0.15, -0.1) is 4.99 Å². The highest BCUT2D eigenvalue weighted by molar-refractivity contribution is 5.99. The lowest BCUT2D eigenvalue weighted by atomic mass is 10.0. The maximum Gasteiger partial charge on any atom is 0.437 e. The third-order valence-electron chi connectivity index (χ3n) is 8.86. The van der Waals surface area contributed by atoms with Gasteiger partial charge in [-0.2, -0.15) is 10.1 Å². The number of carbonyl (C=O) groups excluding carboxylic acids is 2. The van der Waals surface area contributed by atoms with E-state index in [0.29, 0.717) is 38.0 Å². The fraction of sp³-hybridized carbons (Fsp3) is 0.541. The summed E-state index contributed by atoms with van der Waals surface area (Å²) in [6, 6.07) is 10.6. The molecule has 1 aliphatic carbocycles. The van der Waals surface area contributed by atoms with Gasteiger partial charge in [0.2, 0.25) is 11.9 Å². The highest BCUT2D eigenvalue weighted by Gasteiger charge is 2.35. The van der Waals surface area contributed by atoms with Crippen LogP contribution in [0.15, 0.2) is 47.7 Å². The standard InChI is InChI=1S/C37H50N10O4/c1-9-23(2)47-30-28(22-39-47)40-32(42-31(30)41-29(24-14-15-24)26-20-25-12-10-11-13-27(25)38-21-26)45-16-18-46(19-17-45)33(43-34(48)50-36(3,4)5)44-35(49)51-37(6,7)8/h10-13,20-24,29H,9,14-19H2,1-8H3,(H,40,41,42)(H,43,44,48,49)/t23?,29-/m1/s1. The Balaban J connectivity index is 1.28. The van der Waals surface area contributed by atoms with E-state index in [2.05, 4.69) is 46.5 Å². The molecule has 2 fully saturated rings. The van der Waals surface area contributed by atoms with Crippen LogP contribution in [0.5, 0.6) is 0 Å². The quantitative estimate of drug-likeness (QED) is 0.154. The van der Waals surface area contributed by atoms with Crippen LogP contribution in [0.25, 0.3) is 21.9 Å². The number of hydrogen-bond donors (Lipinski definition) is 2. The van der Waals surface area contributed by atoms with Gasteiger partial charge in [0, 0.05) is 43.8 Å². The minimum Gasteiger partial charge on any atom is -0.444 e. The molecule has 3 aromatic heterocycles. The lowest BCUT2D eigenvalue weighted by Gasteiger charge is -2.36. The summed E-state index contributed by atoms with van der Waals surface area (Å²) in [7, 11) is 0. The molecule has 1 saturated carbocycles. The normalized spacial score (nSPS) is 17.0. The number of alkyl carbamates (subject to hydrolysis) is 1. The Morgan fingerprint density at radius 3 is 2.33 bits per heavy atom. The molecule has 2 N–H and O–H groups in total. The summed E-state index contributed by atoms with van der Waals surface area (Å²) in [6.45, 7) is 16.8. The lowest BCUT2D eigenvalue weighted by molar-refractivity contribution is 0.0554. The number of aromatic nitrogens is 5. The largest absolute Gasteiger partial charge is 0.444 e. The SMILES string of the molecule is CCC(C)n1ncc2nc(N3CCN(C(=NC(=O)OC(C)(C)C)NC(=O)OC(C)(C)C)CC3)nc(N[C@@H](c3cnc4ccccc4c3)C3CC3)c21. The summed E-state index contributed by atoms with van der Waals surface area (Å²) in [4.78, 5) is 48.5. The average Bonchev–Trinajstić information content (AvgIpc) is 3.82. The van der Waals surface area contributed by atoms with Crippen molar-refractivity contribution in [3.63, 3.8) is 0 Å². The minimum absolute atomic E-state index is 0.0238. The lowest BCUT2D eigenvalue weighted by Crippen LogP contribution is -2.54. The van der Waals surface area contributed by atoms with Crippen LogP contribution in [0.2, 0.25) is 0 Å². The number of pyridine rings is 1. The van der Waals surface area contributed by atoms with E-state index >= 15 is 0 Å². The second-order valence-corrected chi connectivity index (χ2v) is 15.4. The topological polar surface area (TPSA) is 152 Å². The van der Waals surface area contributed by atoms with E-state index in [-0.39, 0.29) is 18.0 Å². The molecule has 2 aliphatic rings. The van der Waals surface area contributed by atoms with Crippen molar-refractivity contribution < 1.29 is 19.1 Å². The summed E-state index contributed by atoms with van der Waals surface area (Å²) < 4.78 is 12.9. The first-order valence-electron chi connectivity index (χ1n) is 17.9. The maximum absolute atomic E-state index is 12.8. The summed E-state index contributed by atoms with van der Waals surface area (Å²) in [5.74, 6) is 1.84. The van der Waals surface area contributed by atoms with Crippen LogP contribution < -0.4 is 15.5 Å². The van der Waals surface area contributed by atoms with Gasteiger partial charge < -0.3 is 24.6 Å². The van der Waals surface area contributed by atoms with Crippen LogP contribution in [0.4, 0.5) is 21.4 Å². The molecular formula is C37H50N10O4. The number of fused-ring (bicyclic) bond motifs is 2. The Kier molecular flexibility index (Phi) is 10.0. The number of carbonyl (C=O) groups is 2.